The summed E-state index contributed by atoms with van der Waals surface area (Å²) >= 11 is 0. The fourth-order valence-corrected chi connectivity index (χ4v) is 1.43. The largest absolute Gasteiger partial charge is 0.491 e. The average Bonchev–Trinajstić information content (AvgIpc) is 2.38. The average molecular weight is 251 g/mol. The Kier molecular flexibility index (Phi) is 5.49. The number of hydrogen-bond acceptors (Lipinski definition) is 4. The Balaban J connectivity index is 2.81. The fourth-order valence-electron chi connectivity index (χ4n) is 1.43. The third kappa shape index (κ3) is 3.65. The van der Waals surface area contributed by atoms with E-state index >= 15 is 0 Å². The number of hydrogen-bond donors (Lipinski definition) is 1. The highest BCUT2D eigenvalue weighted by Crippen LogP contribution is 2.27. The molecule has 2 N–H and O–H groups in total. The number of nitrogens with two attached hydrogens (primary N) is 1. The van der Waals surface area contributed by atoms with Gasteiger partial charge in [0.05, 0.1) is 18.9 Å². The van der Waals surface area contributed by atoms with Crippen LogP contribution in [-0.4, -0.2) is 19.2 Å². The summed E-state index contributed by atoms with van der Waals surface area (Å²) < 4.78 is 10.6. The number of carbonyl (C=O) groups is 1. The van der Waals surface area contributed by atoms with Gasteiger partial charge >= 0.3 is 5.97 Å². The van der Waals surface area contributed by atoms with E-state index < -0.39 is 0 Å². The molecular formula is C14H21NO3. The highest BCUT2D eigenvalue weighted by molar-refractivity contribution is 5.94. The molecule has 0 aromatic heterocycles. The topological polar surface area (TPSA) is 61.5 Å². The minimum absolute atomic E-state index is 0.352. The first-order chi connectivity index (χ1) is 8.60. The van der Waals surface area contributed by atoms with Gasteiger partial charge in [-0.15, -0.1) is 0 Å². The van der Waals surface area contributed by atoms with Crippen molar-refractivity contribution in [1.29, 1.82) is 0 Å². The number of esters is 1. The van der Waals surface area contributed by atoms with Crippen molar-refractivity contribution in [2.24, 2.45) is 5.92 Å². The van der Waals surface area contributed by atoms with Gasteiger partial charge in [-0.05, 0) is 25.0 Å². The first-order valence-electron chi connectivity index (χ1n) is 6.28. The van der Waals surface area contributed by atoms with Gasteiger partial charge in [-0.25, -0.2) is 4.79 Å². The maximum Gasteiger partial charge on any atom is 0.342 e. The van der Waals surface area contributed by atoms with Crippen LogP contribution in [0.5, 0.6) is 5.75 Å². The molecule has 100 valence electrons. The van der Waals surface area contributed by atoms with E-state index in [2.05, 4.69) is 6.92 Å². The number of benzene rings is 1. The van der Waals surface area contributed by atoms with Crippen molar-refractivity contribution in [3.05, 3.63) is 23.8 Å². The quantitative estimate of drug-likeness (QED) is 0.623. The summed E-state index contributed by atoms with van der Waals surface area (Å²) in [6, 6.07) is 5.09. The van der Waals surface area contributed by atoms with Crippen LogP contribution in [0, 0.1) is 5.92 Å². The van der Waals surface area contributed by atoms with Crippen molar-refractivity contribution >= 4 is 11.7 Å². The van der Waals surface area contributed by atoms with Gasteiger partial charge in [0.25, 0.3) is 0 Å². The molecule has 0 amide bonds. The van der Waals surface area contributed by atoms with E-state index in [1.807, 2.05) is 13.8 Å². The SMILES string of the molecule is CCOc1c(N)cccc1C(=O)OCC(C)CC. The van der Waals surface area contributed by atoms with E-state index in [-0.39, 0.29) is 5.97 Å². The maximum absolute atomic E-state index is 12.0. The zero-order valence-electron chi connectivity index (χ0n) is 11.2. The Morgan fingerprint density at radius 3 is 2.72 bits per heavy atom. The standard InChI is InChI=1S/C14H21NO3/c1-4-10(3)9-18-14(16)11-7-6-8-12(15)13(11)17-5-2/h6-8,10H,4-5,9,15H2,1-3H3. The smallest absolute Gasteiger partial charge is 0.342 e. The van der Waals surface area contributed by atoms with Crippen LogP contribution in [0.15, 0.2) is 18.2 Å². The Hall–Kier alpha value is -1.71. The molecule has 1 unspecified atom stereocenters. The third-order valence-electron chi connectivity index (χ3n) is 2.75. The number of carbonyl (C=O) groups excluding carboxylic acids is 1. The summed E-state index contributed by atoms with van der Waals surface area (Å²) in [7, 11) is 0. The molecule has 1 rings (SSSR count). The van der Waals surface area contributed by atoms with E-state index in [1.165, 1.54) is 0 Å². The molecule has 0 radical (unpaired) electrons. The van der Waals surface area contributed by atoms with Crippen LogP contribution in [0.3, 0.4) is 0 Å². The maximum atomic E-state index is 12.0. The molecule has 4 nitrogen and oxygen atoms in total. The van der Waals surface area contributed by atoms with E-state index in [9.17, 15) is 4.79 Å². The molecule has 0 spiro atoms. The highest BCUT2D eigenvalue weighted by atomic mass is 16.5. The molecule has 4 heteroatoms. The van der Waals surface area contributed by atoms with E-state index in [1.54, 1.807) is 18.2 Å². The Morgan fingerprint density at radius 2 is 2.11 bits per heavy atom. The third-order valence-corrected chi connectivity index (χ3v) is 2.75. The number of rotatable bonds is 6. The lowest BCUT2D eigenvalue weighted by Gasteiger charge is -2.13. The molecule has 1 aromatic rings. The predicted octanol–water partition coefficient (Wildman–Crippen LogP) is 2.87. The molecule has 0 heterocycles. The second-order valence-corrected chi connectivity index (χ2v) is 4.27. The zero-order valence-corrected chi connectivity index (χ0v) is 11.2. The van der Waals surface area contributed by atoms with Gasteiger partial charge in [0.15, 0.2) is 5.75 Å². The lowest BCUT2D eigenvalue weighted by Crippen LogP contribution is -2.13. The molecular weight excluding hydrogens is 230 g/mol. The van der Waals surface area contributed by atoms with Gasteiger partial charge in [-0.1, -0.05) is 26.3 Å². The van der Waals surface area contributed by atoms with Crippen molar-refractivity contribution in [2.45, 2.75) is 27.2 Å². The van der Waals surface area contributed by atoms with E-state index in [0.29, 0.717) is 36.1 Å². The van der Waals surface area contributed by atoms with Crippen molar-refractivity contribution in [2.75, 3.05) is 18.9 Å². The van der Waals surface area contributed by atoms with Gasteiger partial charge in [0.2, 0.25) is 0 Å². The molecule has 0 fully saturated rings. The van der Waals surface area contributed by atoms with Crippen LogP contribution in [-0.2, 0) is 4.74 Å². The molecule has 0 saturated heterocycles. The minimum atomic E-state index is -0.383. The number of para-hydroxylation sites is 1. The second-order valence-electron chi connectivity index (χ2n) is 4.27. The number of ether oxygens (including phenoxy) is 2. The fraction of sp³-hybridized carbons (Fsp3) is 0.500. The van der Waals surface area contributed by atoms with Crippen LogP contribution in [0.2, 0.25) is 0 Å². The van der Waals surface area contributed by atoms with Crippen LogP contribution in [0.4, 0.5) is 5.69 Å². The molecule has 0 aliphatic heterocycles. The molecule has 0 aliphatic rings. The molecule has 0 saturated carbocycles. The normalized spacial score (nSPS) is 11.9. The second kappa shape index (κ2) is 6.89. The van der Waals surface area contributed by atoms with Gasteiger partial charge < -0.3 is 15.2 Å². The van der Waals surface area contributed by atoms with Crippen molar-refractivity contribution < 1.29 is 14.3 Å². The molecule has 0 aliphatic carbocycles. The van der Waals surface area contributed by atoms with Crippen LogP contribution < -0.4 is 10.5 Å². The van der Waals surface area contributed by atoms with E-state index in [0.717, 1.165) is 6.42 Å². The molecule has 1 atom stereocenters. The number of anilines is 1. The first-order valence-corrected chi connectivity index (χ1v) is 6.28. The summed E-state index contributed by atoms with van der Waals surface area (Å²) in [6.45, 7) is 6.82. The summed E-state index contributed by atoms with van der Waals surface area (Å²) in [6.07, 6.45) is 0.975. The molecule has 0 bridgehead atoms. The van der Waals surface area contributed by atoms with Crippen LogP contribution in [0.25, 0.3) is 0 Å². The lowest BCUT2D eigenvalue weighted by atomic mass is 10.1. The zero-order chi connectivity index (χ0) is 13.5. The monoisotopic (exact) mass is 251 g/mol. The summed E-state index contributed by atoms with van der Waals surface area (Å²) in [4.78, 5) is 12.0. The van der Waals surface area contributed by atoms with Gasteiger partial charge in [0.1, 0.15) is 5.56 Å². The lowest BCUT2D eigenvalue weighted by molar-refractivity contribution is 0.0443. The Bertz CT molecular complexity index is 404. The van der Waals surface area contributed by atoms with Crippen LogP contribution in [0.1, 0.15) is 37.6 Å². The Labute approximate surface area is 108 Å². The van der Waals surface area contributed by atoms with E-state index in [4.69, 9.17) is 15.2 Å². The summed E-state index contributed by atoms with van der Waals surface area (Å²) in [5, 5.41) is 0. The van der Waals surface area contributed by atoms with Crippen molar-refractivity contribution in [3.63, 3.8) is 0 Å². The van der Waals surface area contributed by atoms with Crippen LogP contribution >= 0.6 is 0 Å². The first kappa shape index (κ1) is 14.4. The van der Waals surface area contributed by atoms with Gasteiger partial charge in [-0.3, -0.25) is 0 Å². The van der Waals surface area contributed by atoms with Crippen molar-refractivity contribution in [1.82, 2.24) is 0 Å². The minimum Gasteiger partial charge on any atom is -0.491 e. The molecule has 18 heavy (non-hydrogen) atoms. The summed E-state index contributed by atoms with van der Waals surface area (Å²) in [5.41, 5.74) is 6.64. The number of nitrogen functional groups attached to an aromatic ring is 1. The van der Waals surface area contributed by atoms with Gasteiger partial charge in [-0.2, -0.15) is 0 Å². The predicted molar refractivity (Wildman–Crippen MR) is 71.8 cm³/mol. The summed E-state index contributed by atoms with van der Waals surface area (Å²) in [5.74, 6) is 0.380. The van der Waals surface area contributed by atoms with Gasteiger partial charge in [0, 0.05) is 0 Å². The highest BCUT2D eigenvalue weighted by Gasteiger charge is 2.16. The van der Waals surface area contributed by atoms with Crippen molar-refractivity contribution in [3.8, 4) is 5.75 Å². The molecule has 1 aromatic carbocycles. The Morgan fingerprint density at radius 1 is 1.39 bits per heavy atom.